The van der Waals surface area contributed by atoms with Gasteiger partial charge in [0.2, 0.25) is 11.8 Å². The number of rotatable bonds is 4. The minimum Gasteiger partial charge on any atom is -0.480 e. The minimum atomic E-state index is 0.120. The van der Waals surface area contributed by atoms with E-state index in [4.69, 9.17) is 19.4 Å². The van der Waals surface area contributed by atoms with Gasteiger partial charge in [0.15, 0.2) is 11.6 Å². The van der Waals surface area contributed by atoms with E-state index >= 15 is 0 Å². The van der Waals surface area contributed by atoms with Crippen molar-refractivity contribution in [1.29, 1.82) is 0 Å². The van der Waals surface area contributed by atoms with Gasteiger partial charge < -0.3 is 9.47 Å². The predicted octanol–water partition coefficient (Wildman–Crippen LogP) is 4.33. The number of fused-ring (bicyclic) bond motifs is 8. The summed E-state index contributed by atoms with van der Waals surface area (Å²) in [7, 11) is 3.26. The van der Waals surface area contributed by atoms with Crippen LogP contribution in [0.25, 0.3) is 67.7 Å². The van der Waals surface area contributed by atoms with Gasteiger partial charge in [-0.25, -0.2) is 9.97 Å². The molecule has 0 bridgehead atoms. The average Bonchev–Trinajstić information content (AvgIpc) is 3.02. The number of nitrogens with zero attached hydrogens (tertiary/aromatic N) is 2. The molecule has 0 radical (unpaired) electrons. The number of ketones is 2. The van der Waals surface area contributed by atoms with Crippen molar-refractivity contribution in [2.45, 2.75) is 22.6 Å². The molecule has 6 aromatic rings. The SMILES string of the molecule is COc1nc2c(ccc3cc4c(cc32)=CCC(=O)C=4)cc1Sc1cc2ccc3cc4c(cc3c2nc1OC)=CCC(=O)C=4. The maximum atomic E-state index is 11.9. The first-order chi connectivity index (χ1) is 21.0. The molecule has 43 heavy (non-hydrogen) atoms. The van der Waals surface area contributed by atoms with Gasteiger partial charge in [0, 0.05) is 34.4 Å². The van der Waals surface area contributed by atoms with Gasteiger partial charge in [0.05, 0.1) is 35.0 Å². The first-order valence-corrected chi connectivity index (χ1v) is 14.8. The molecule has 0 atom stereocenters. The molecule has 208 valence electrons. The van der Waals surface area contributed by atoms with Gasteiger partial charge in [-0.15, -0.1) is 0 Å². The highest BCUT2D eigenvalue weighted by Crippen LogP contribution is 2.42. The van der Waals surface area contributed by atoms with Crippen LogP contribution in [0.15, 0.2) is 70.5 Å². The Morgan fingerprint density at radius 2 is 1.02 bits per heavy atom. The molecule has 7 heteroatoms. The van der Waals surface area contributed by atoms with Crippen LogP contribution in [0.3, 0.4) is 0 Å². The van der Waals surface area contributed by atoms with Gasteiger partial charge in [-0.2, -0.15) is 0 Å². The molecule has 6 nitrogen and oxygen atoms in total. The van der Waals surface area contributed by atoms with Crippen LogP contribution in [0.2, 0.25) is 0 Å². The van der Waals surface area contributed by atoms with Gasteiger partial charge in [-0.1, -0.05) is 48.2 Å². The molecule has 0 spiro atoms. The maximum Gasteiger partial charge on any atom is 0.228 e. The summed E-state index contributed by atoms with van der Waals surface area (Å²) in [5.74, 6) is 1.27. The van der Waals surface area contributed by atoms with Crippen molar-refractivity contribution in [3.63, 3.8) is 0 Å². The van der Waals surface area contributed by atoms with Gasteiger partial charge in [0.1, 0.15) is 0 Å². The Kier molecular flexibility index (Phi) is 5.84. The Labute approximate surface area is 249 Å². The van der Waals surface area contributed by atoms with Gasteiger partial charge in [0.25, 0.3) is 0 Å². The van der Waals surface area contributed by atoms with Crippen molar-refractivity contribution in [1.82, 2.24) is 9.97 Å². The number of ether oxygens (including phenoxy) is 2. The van der Waals surface area contributed by atoms with E-state index in [0.29, 0.717) is 24.6 Å². The highest BCUT2D eigenvalue weighted by Gasteiger charge is 2.17. The Morgan fingerprint density at radius 1 is 0.581 bits per heavy atom. The fourth-order valence-corrected chi connectivity index (χ4v) is 7.11. The van der Waals surface area contributed by atoms with Crippen LogP contribution in [-0.4, -0.2) is 35.8 Å². The molecule has 2 aliphatic rings. The first-order valence-electron chi connectivity index (χ1n) is 14.0. The summed E-state index contributed by atoms with van der Waals surface area (Å²) in [5.41, 5.74) is 1.70. The molecule has 0 fully saturated rings. The molecule has 0 saturated heterocycles. The van der Waals surface area contributed by atoms with E-state index in [2.05, 4.69) is 60.7 Å². The van der Waals surface area contributed by atoms with Crippen LogP contribution in [-0.2, 0) is 9.59 Å². The summed E-state index contributed by atoms with van der Waals surface area (Å²) in [4.78, 5) is 35.5. The highest BCUT2D eigenvalue weighted by atomic mass is 32.2. The highest BCUT2D eigenvalue weighted by molar-refractivity contribution is 7.99. The number of hydrogen-bond acceptors (Lipinski definition) is 7. The zero-order valence-electron chi connectivity index (χ0n) is 23.4. The van der Waals surface area contributed by atoms with E-state index in [1.54, 1.807) is 26.4 Å². The zero-order chi connectivity index (χ0) is 29.2. The molecule has 2 aromatic heterocycles. The Morgan fingerprint density at radius 3 is 1.47 bits per heavy atom. The van der Waals surface area contributed by atoms with E-state index in [1.807, 2.05) is 12.2 Å². The zero-order valence-corrected chi connectivity index (χ0v) is 24.2. The summed E-state index contributed by atoms with van der Waals surface area (Å²) in [6, 6.07) is 20.8. The van der Waals surface area contributed by atoms with E-state index < -0.39 is 0 Å². The number of benzene rings is 4. The largest absolute Gasteiger partial charge is 0.480 e. The molecule has 8 rings (SSSR count). The Balaban J connectivity index is 1.26. The number of Topliss-reactive ketones (excluding diaryl/α,β-unsaturated/α-hetero) is 2. The number of pyridine rings is 2. The minimum absolute atomic E-state index is 0.120. The third-order valence-corrected chi connectivity index (χ3v) is 9.18. The van der Waals surface area contributed by atoms with Crippen LogP contribution < -0.4 is 30.3 Å². The van der Waals surface area contributed by atoms with Crippen LogP contribution in [0.4, 0.5) is 0 Å². The molecule has 0 N–H and O–H groups in total. The van der Waals surface area contributed by atoms with Gasteiger partial charge >= 0.3 is 0 Å². The third-order valence-electron chi connectivity index (χ3n) is 8.16. The molecule has 2 heterocycles. The fraction of sp³-hybridized carbons (Fsp3) is 0.111. The lowest BCUT2D eigenvalue weighted by Crippen LogP contribution is -2.28. The van der Waals surface area contributed by atoms with Crippen LogP contribution in [0.1, 0.15) is 12.8 Å². The quantitative estimate of drug-likeness (QED) is 0.288. The lowest BCUT2D eigenvalue weighted by Gasteiger charge is -2.14. The van der Waals surface area contributed by atoms with Crippen molar-refractivity contribution >= 4 is 91.0 Å². The molecule has 0 saturated carbocycles. The van der Waals surface area contributed by atoms with Crippen molar-refractivity contribution in [2.24, 2.45) is 0 Å². The molecule has 0 amide bonds. The Bertz CT molecular complexity index is 2330. The number of carbonyl (C=O) groups is 2. The van der Waals surface area contributed by atoms with Crippen LogP contribution in [0, 0.1) is 0 Å². The van der Waals surface area contributed by atoms with E-state index in [9.17, 15) is 9.59 Å². The van der Waals surface area contributed by atoms with Gasteiger partial charge in [-0.3, -0.25) is 9.59 Å². The normalized spacial score (nSPS) is 14.1. The molecule has 0 unspecified atom stereocenters. The Hall–Kier alpha value is -5.01. The predicted molar refractivity (Wildman–Crippen MR) is 171 cm³/mol. The molecule has 2 aliphatic carbocycles. The number of methoxy groups -OCH3 is 2. The smallest absolute Gasteiger partial charge is 0.228 e. The van der Waals surface area contributed by atoms with Crippen LogP contribution >= 0.6 is 11.8 Å². The third kappa shape index (κ3) is 4.27. The lowest BCUT2D eigenvalue weighted by molar-refractivity contribution is -0.113. The second-order valence-electron chi connectivity index (χ2n) is 10.8. The first kappa shape index (κ1) is 25.7. The van der Waals surface area contributed by atoms with E-state index in [1.165, 1.54) is 11.8 Å². The van der Waals surface area contributed by atoms with Gasteiger partial charge in [-0.05, 0) is 80.2 Å². The molecule has 0 aliphatic heterocycles. The molecule has 4 aromatic carbocycles. The monoisotopic (exact) mass is 580 g/mol. The number of carbonyl (C=O) groups excluding carboxylic acids is 2. The summed E-state index contributed by atoms with van der Waals surface area (Å²) < 4.78 is 11.6. The average molecular weight is 581 g/mol. The van der Waals surface area contributed by atoms with Crippen LogP contribution in [0.5, 0.6) is 11.8 Å². The standard InChI is InChI=1S/C36H24N2O4S/c1-41-35-31(17-23-5-3-21-11-25-13-27(39)9-7-19(25)15-29(21)33(23)37-35)43-32-18-24-6-4-22-12-26-14-28(40)10-8-20(26)16-30(22)34(24)38-36(32)42-2/h3-8,11-18H,9-10H2,1-2H3. The van der Waals surface area contributed by atoms with E-state index in [0.717, 1.165) is 74.0 Å². The second-order valence-corrected chi connectivity index (χ2v) is 11.9. The number of aromatic nitrogens is 2. The van der Waals surface area contributed by atoms with E-state index in [-0.39, 0.29) is 11.6 Å². The second kappa shape index (κ2) is 9.78. The van der Waals surface area contributed by atoms with Crippen molar-refractivity contribution in [3.05, 3.63) is 81.5 Å². The van der Waals surface area contributed by atoms with Crippen molar-refractivity contribution in [3.8, 4) is 11.8 Å². The topological polar surface area (TPSA) is 78.4 Å². The molecular weight excluding hydrogens is 556 g/mol. The van der Waals surface area contributed by atoms with Crippen molar-refractivity contribution in [2.75, 3.05) is 14.2 Å². The summed E-state index contributed by atoms with van der Waals surface area (Å²) in [6.07, 6.45) is 8.22. The summed E-state index contributed by atoms with van der Waals surface area (Å²) in [5, 5.41) is 10.0. The lowest BCUT2D eigenvalue weighted by atomic mass is 10.00. The maximum absolute atomic E-state index is 11.9. The summed E-state index contributed by atoms with van der Waals surface area (Å²) in [6.45, 7) is 0. The fourth-order valence-electron chi connectivity index (χ4n) is 6.06. The van der Waals surface area contributed by atoms with Crippen molar-refractivity contribution < 1.29 is 19.1 Å². The number of hydrogen-bond donors (Lipinski definition) is 0. The summed E-state index contributed by atoms with van der Waals surface area (Å²) >= 11 is 1.50. The molecular formula is C36H24N2O4S.